The van der Waals surface area contributed by atoms with Crippen LogP contribution in [0.5, 0.6) is 0 Å². The first-order valence-corrected chi connectivity index (χ1v) is 7.81. The maximum atomic E-state index is 12.1. The van der Waals surface area contributed by atoms with Crippen LogP contribution in [-0.2, 0) is 9.59 Å². The van der Waals surface area contributed by atoms with Crippen LogP contribution in [0, 0.1) is 5.92 Å². The summed E-state index contributed by atoms with van der Waals surface area (Å²) in [4.78, 5) is 24.1. The van der Waals surface area contributed by atoms with Gasteiger partial charge in [-0.25, -0.2) is 5.01 Å². The molecule has 0 saturated carbocycles. The summed E-state index contributed by atoms with van der Waals surface area (Å²) in [7, 11) is 0. The second kappa shape index (κ2) is 7.73. The number of hydrazone groups is 1. The van der Waals surface area contributed by atoms with Gasteiger partial charge in [-0.3, -0.25) is 9.59 Å². The van der Waals surface area contributed by atoms with Crippen molar-refractivity contribution < 1.29 is 9.59 Å². The van der Waals surface area contributed by atoms with E-state index in [1.807, 2.05) is 30.3 Å². The van der Waals surface area contributed by atoms with E-state index in [0.29, 0.717) is 36.7 Å². The van der Waals surface area contributed by atoms with E-state index >= 15 is 0 Å². The van der Waals surface area contributed by atoms with Gasteiger partial charge < -0.3 is 5.32 Å². The summed E-state index contributed by atoms with van der Waals surface area (Å²) in [6.45, 7) is 4.97. The molecular formula is C17H23N3O2. The van der Waals surface area contributed by atoms with Crippen molar-refractivity contribution in [3.8, 4) is 0 Å². The van der Waals surface area contributed by atoms with Crippen LogP contribution in [0.25, 0.3) is 0 Å². The van der Waals surface area contributed by atoms with Gasteiger partial charge in [0.1, 0.15) is 5.71 Å². The molecule has 1 aromatic carbocycles. The smallest absolute Gasteiger partial charge is 0.267 e. The van der Waals surface area contributed by atoms with E-state index in [1.165, 1.54) is 5.01 Å². The van der Waals surface area contributed by atoms with Crippen molar-refractivity contribution >= 4 is 23.2 Å². The SMILES string of the molecule is CC(C)CCCNC(=O)C1=NN(c2ccccc2)C(=O)CC1. The Balaban J connectivity index is 1.98. The van der Waals surface area contributed by atoms with E-state index in [1.54, 1.807) is 0 Å². The Bertz CT molecular complexity index is 552. The van der Waals surface area contributed by atoms with Gasteiger partial charge in [-0.2, -0.15) is 5.10 Å². The molecule has 0 saturated heterocycles. The van der Waals surface area contributed by atoms with E-state index in [9.17, 15) is 9.59 Å². The highest BCUT2D eigenvalue weighted by atomic mass is 16.2. The van der Waals surface area contributed by atoms with E-state index in [-0.39, 0.29) is 11.8 Å². The van der Waals surface area contributed by atoms with Crippen LogP contribution in [0.2, 0.25) is 0 Å². The molecule has 1 aliphatic rings. The van der Waals surface area contributed by atoms with Crippen LogP contribution in [0.1, 0.15) is 39.5 Å². The van der Waals surface area contributed by atoms with Gasteiger partial charge in [0.25, 0.3) is 5.91 Å². The maximum absolute atomic E-state index is 12.1. The van der Waals surface area contributed by atoms with Gasteiger partial charge in [0, 0.05) is 19.4 Å². The molecule has 0 unspecified atom stereocenters. The van der Waals surface area contributed by atoms with Gasteiger partial charge in [0.2, 0.25) is 5.91 Å². The molecule has 2 rings (SSSR count). The summed E-state index contributed by atoms with van der Waals surface area (Å²) >= 11 is 0. The molecule has 1 N–H and O–H groups in total. The molecule has 0 aliphatic carbocycles. The fraction of sp³-hybridized carbons (Fsp3) is 0.471. The van der Waals surface area contributed by atoms with Crippen LogP contribution in [0.15, 0.2) is 35.4 Å². The topological polar surface area (TPSA) is 61.8 Å². The molecule has 22 heavy (non-hydrogen) atoms. The summed E-state index contributed by atoms with van der Waals surface area (Å²) in [6.07, 6.45) is 2.75. The fourth-order valence-electron chi connectivity index (χ4n) is 2.30. The zero-order chi connectivity index (χ0) is 15.9. The molecule has 0 atom stereocenters. The van der Waals surface area contributed by atoms with E-state index in [0.717, 1.165) is 12.8 Å². The lowest BCUT2D eigenvalue weighted by molar-refractivity contribution is -0.118. The molecule has 1 aliphatic heterocycles. The molecule has 0 spiro atoms. The van der Waals surface area contributed by atoms with Crippen LogP contribution in [0.4, 0.5) is 5.69 Å². The normalized spacial score (nSPS) is 15.0. The third-order valence-electron chi connectivity index (χ3n) is 3.54. The Morgan fingerprint density at radius 1 is 1.27 bits per heavy atom. The summed E-state index contributed by atoms with van der Waals surface area (Å²) in [5, 5.41) is 8.45. The predicted molar refractivity (Wildman–Crippen MR) is 87.7 cm³/mol. The molecule has 0 bridgehead atoms. The minimum Gasteiger partial charge on any atom is -0.351 e. The third-order valence-corrected chi connectivity index (χ3v) is 3.54. The Hall–Kier alpha value is -2.17. The largest absolute Gasteiger partial charge is 0.351 e. The summed E-state index contributed by atoms with van der Waals surface area (Å²) in [6, 6.07) is 9.19. The van der Waals surface area contributed by atoms with Crippen molar-refractivity contribution in [1.29, 1.82) is 0 Å². The molecule has 5 heteroatoms. The van der Waals surface area contributed by atoms with E-state index in [4.69, 9.17) is 0 Å². The number of anilines is 1. The Labute approximate surface area is 131 Å². The molecule has 0 aromatic heterocycles. The molecule has 2 amide bonds. The standard InChI is InChI=1S/C17H23N3O2/c1-13(2)7-6-12-18-17(22)15-10-11-16(21)20(19-15)14-8-4-3-5-9-14/h3-5,8-9,13H,6-7,10-12H2,1-2H3,(H,18,22). The highest BCUT2D eigenvalue weighted by Gasteiger charge is 2.25. The van der Waals surface area contributed by atoms with Crippen LogP contribution in [0.3, 0.4) is 0 Å². The van der Waals surface area contributed by atoms with Crippen LogP contribution >= 0.6 is 0 Å². The molecule has 5 nitrogen and oxygen atoms in total. The lowest BCUT2D eigenvalue weighted by Crippen LogP contribution is -2.39. The van der Waals surface area contributed by atoms with Gasteiger partial charge in [-0.15, -0.1) is 0 Å². The first-order chi connectivity index (χ1) is 10.6. The predicted octanol–water partition coefficient (Wildman–Crippen LogP) is 2.72. The van der Waals surface area contributed by atoms with Crippen LogP contribution < -0.4 is 10.3 Å². The number of hydrogen-bond acceptors (Lipinski definition) is 3. The van der Waals surface area contributed by atoms with Gasteiger partial charge in [0.15, 0.2) is 0 Å². The summed E-state index contributed by atoms with van der Waals surface area (Å²) in [5.41, 5.74) is 1.12. The van der Waals surface area contributed by atoms with Crippen molar-refractivity contribution in [2.45, 2.75) is 39.5 Å². The van der Waals surface area contributed by atoms with Gasteiger partial charge >= 0.3 is 0 Å². The van der Waals surface area contributed by atoms with E-state index in [2.05, 4.69) is 24.3 Å². The summed E-state index contributed by atoms with van der Waals surface area (Å²) < 4.78 is 0. The molecule has 118 valence electrons. The van der Waals surface area contributed by atoms with Crippen LogP contribution in [-0.4, -0.2) is 24.1 Å². The molecule has 0 fully saturated rings. The molecular weight excluding hydrogens is 278 g/mol. The molecule has 0 radical (unpaired) electrons. The van der Waals surface area contributed by atoms with Crippen molar-refractivity contribution in [2.75, 3.05) is 11.6 Å². The number of nitrogens with zero attached hydrogens (tertiary/aromatic N) is 2. The number of para-hydroxylation sites is 1. The number of nitrogens with one attached hydrogen (secondary N) is 1. The first-order valence-electron chi connectivity index (χ1n) is 7.81. The number of amides is 2. The van der Waals surface area contributed by atoms with E-state index < -0.39 is 0 Å². The maximum Gasteiger partial charge on any atom is 0.267 e. The Morgan fingerprint density at radius 3 is 2.68 bits per heavy atom. The zero-order valence-corrected chi connectivity index (χ0v) is 13.2. The second-order valence-electron chi connectivity index (χ2n) is 5.88. The number of rotatable bonds is 6. The number of benzene rings is 1. The summed E-state index contributed by atoms with van der Waals surface area (Å²) in [5.74, 6) is 0.384. The lowest BCUT2D eigenvalue weighted by Gasteiger charge is -2.23. The number of hydrogen-bond donors (Lipinski definition) is 1. The molecule has 1 aromatic rings. The minimum absolute atomic E-state index is 0.0810. The third kappa shape index (κ3) is 4.41. The van der Waals surface area contributed by atoms with Crippen molar-refractivity contribution in [3.05, 3.63) is 30.3 Å². The monoisotopic (exact) mass is 301 g/mol. The number of carbonyl (C=O) groups excluding carboxylic acids is 2. The Morgan fingerprint density at radius 2 is 2.00 bits per heavy atom. The van der Waals surface area contributed by atoms with Crippen molar-refractivity contribution in [3.63, 3.8) is 0 Å². The quantitative estimate of drug-likeness (QED) is 0.821. The highest BCUT2D eigenvalue weighted by molar-refractivity contribution is 6.40. The van der Waals surface area contributed by atoms with Gasteiger partial charge in [0.05, 0.1) is 5.69 Å². The molecule has 1 heterocycles. The van der Waals surface area contributed by atoms with Crippen molar-refractivity contribution in [2.24, 2.45) is 11.0 Å². The zero-order valence-electron chi connectivity index (χ0n) is 13.2. The Kier molecular flexibility index (Phi) is 5.69. The lowest BCUT2D eigenvalue weighted by atomic mass is 10.1. The second-order valence-corrected chi connectivity index (χ2v) is 5.88. The van der Waals surface area contributed by atoms with Gasteiger partial charge in [-0.05, 0) is 30.9 Å². The minimum atomic E-state index is -0.169. The van der Waals surface area contributed by atoms with Gasteiger partial charge in [-0.1, -0.05) is 32.0 Å². The van der Waals surface area contributed by atoms with Crippen molar-refractivity contribution in [1.82, 2.24) is 5.32 Å². The average molecular weight is 301 g/mol. The average Bonchev–Trinajstić information content (AvgIpc) is 2.52. The number of carbonyl (C=O) groups is 2. The fourth-order valence-corrected chi connectivity index (χ4v) is 2.30. The highest BCUT2D eigenvalue weighted by Crippen LogP contribution is 2.19. The first kappa shape index (κ1) is 16.2.